The Labute approximate surface area is 371 Å². The first-order valence-corrected chi connectivity index (χ1v) is 22.8. The second kappa shape index (κ2) is 15.2. The van der Waals surface area contributed by atoms with Gasteiger partial charge in [0.15, 0.2) is 0 Å². The minimum absolute atomic E-state index is 0.168. The molecular weight excluding hydrogens is 765 g/mol. The number of hydrogen-bond acceptors (Lipinski definition) is 3. The van der Waals surface area contributed by atoms with E-state index < -0.39 is 0 Å². The maximum absolute atomic E-state index is 5.63. The van der Waals surface area contributed by atoms with E-state index in [2.05, 4.69) is 192 Å². The van der Waals surface area contributed by atoms with Gasteiger partial charge in [0.1, 0.15) is 0 Å². The van der Waals surface area contributed by atoms with Crippen molar-refractivity contribution in [2.75, 3.05) is 4.90 Å². The Kier molecular flexibility index (Phi) is 9.45. The second-order valence-electron chi connectivity index (χ2n) is 19.0. The zero-order valence-corrected chi connectivity index (χ0v) is 37.3. The molecule has 2 aromatic heterocycles. The predicted octanol–water partition coefficient (Wildman–Crippen LogP) is 15.1. The van der Waals surface area contributed by atoms with Crippen LogP contribution in [0.25, 0.3) is 49.7 Å². The van der Waals surface area contributed by atoms with Crippen molar-refractivity contribution in [3.8, 4) is 28.1 Å². The lowest BCUT2D eigenvalue weighted by Crippen LogP contribution is -2.21. The third kappa shape index (κ3) is 6.66. The molecule has 2 heterocycles. The van der Waals surface area contributed by atoms with Crippen LogP contribution >= 0.6 is 0 Å². The molecule has 2 aliphatic rings. The average Bonchev–Trinajstić information content (AvgIpc) is 4.05. The summed E-state index contributed by atoms with van der Waals surface area (Å²) in [5.41, 5.74) is 21.5. The summed E-state index contributed by atoms with van der Waals surface area (Å²) in [5.74, 6) is 0.694. The molecule has 4 nitrogen and oxygen atoms in total. The highest BCUT2D eigenvalue weighted by molar-refractivity contribution is 6.03. The van der Waals surface area contributed by atoms with Crippen molar-refractivity contribution in [1.29, 1.82) is 0 Å². The molecule has 0 atom stereocenters. The summed E-state index contributed by atoms with van der Waals surface area (Å²) in [7, 11) is 0. The zero-order chi connectivity index (χ0) is 43.0. The highest BCUT2D eigenvalue weighted by Gasteiger charge is 2.44. The zero-order valence-electron chi connectivity index (χ0n) is 37.3. The highest BCUT2D eigenvalue weighted by Crippen LogP contribution is 2.52. The number of nitrogens with zero attached hydrogens (tertiary/aromatic N) is 4. The smallest absolute Gasteiger partial charge is 0.0745 e. The van der Waals surface area contributed by atoms with E-state index in [-0.39, 0.29) is 5.41 Å². The summed E-state index contributed by atoms with van der Waals surface area (Å²) in [5, 5.41) is 8.50. The van der Waals surface area contributed by atoms with E-state index in [0.29, 0.717) is 11.8 Å². The predicted molar refractivity (Wildman–Crippen MR) is 263 cm³/mol. The summed E-state index contributed by atoms with van der Waals surface area (Å²) < 4.78 is 2.01. The summed E-state index contributed by atoms with van der Waals surface area (Å²) in [6.45, 7) is 13.8. The highest BCUT2D eigenvalue weighted by atomic mass is 15.3. The molecule has 0 saturated carbocycles. The number of aryl methyl sites for hydroxylation is 2. The molecule has 7 aromatic carbocycles. The molecule has 63 heavy (non-hydrogen) atoms. The van der Waals surface area contributed by atoms with Gasteiger partial charge in [-0.25, -0.2) is 9.67 Å². The number of benzene rings is 7. The number of anilines is 3. The summed E-state index contributed by atoms with van der Waals surface area (Å²) in [6, 6.07) is 54.4. The van der Waals surface area contributed by atoms with E-state index in [4.69, 9.17) is 10.1 Å². The van der Waals surface area contributed by atoms with E-state index in [0.717, 1.165) is 59.5 Å². The van der Waals surface area contributed by atoms with Gasteiger partial charge in [0, 0.05) is 34.4 Å². The Bertz CT molecular complexity index is 3150. The van der Waals surface area contributed by atoms with Crippen LogP contribution in [0.3, 0.4) is 0 Å². The molecule has 11 rings (SSSR count). The third-order valence-electron chi connectivity index (χ3n) is 14.1. The van der Waals surface area contributed by atoms with Crippen LogP contribution < -0.4 is 4.90 Å². The summed E-state index contributed by atoms with van der Waals surface area (Å²) >= 11 is 0. The van der Waals surface area contributed by atoms with Crippen LogP contribution in [0, 0.1) is 19.3 Å². The topological polar surface area (TPSA) is 34.0 Å². The number of aromatic nitrogens is 3. The molecule has 1 spiro atoms. The lowest BCUT2D eigenvalue weighted by molar-refractivity contribution is 0.327. The number of fused-ring (bicyclic) bond motifs is 5. The number of rotatable bonds is 8. The molecule has 310 valence electrons. The largest absolute Gasteiger partial charge is 0.309 e. The lowest BCUT2D eigenvalue weighted by atomic mass is 9.81. The van der Waals surface area contributed by atoms with Gasteiger partial charge in [0.25, 0.3) is 0 Å². The number of para-hydroxylation sites is 2. The van der Waals surface area contributed by atoms with E-state index >= 15 is 0 Å². The minimum atomic E-state index is 0.168. The van der Waals surface area contributed by atoms with Crippen molar-refractivity contribution in [3.05, 3.63) is 202 Å². The van der Waals surface area contributed by atoms with Gasteiger partial charge in [-0.15, -0.1) is 0 Å². The monoisotopic (exact) mass is 818 g/mol. The number of pyridine rings is 1. The molecule has 0 bridgehead atoms. The van der Waals surface area contributed by atoms with Gasteiger partial charge >= 0.3 is 0 Å². The van der Waals surface area contributed by atoms with E-state index in [1.54, 1.807) is 0 Å². The van der Waals surface area contributed by atoms with Crippen LogP contribution in [-0.4, -0.2) is 14.8 Å². The fraction of sp³-hybridized carbons (Fsp3) is 0.220. The van der Waals surface area contributed by atoms with Gasteiger partial charge in [-0.3, -0.25) is 0 Å². The first-order chi connectivity index (χ1) is 30.6. The van der Waals surface area contributed by atoms with Crippen LogP contribution in [-0.2, 0) is 25.7 Å². The lowest BCUT2D eigenvalue weighted by Gasteiger charge is -2.31. The molecule has 0 saturated heterocycles. The molecule has 2 aliphatic carbocycles. The average molecular weight is 819 g/mol. The SMILES string of the molecule is Cc1cccc(C)c1N(c1cc(-c2c(C(C)C)cccc2C(C)C)cc(-n2cccn2)c1)c1cc(-c2nc3ccccc3c3c2CC2(Cc4ccccc4C2)C3)cc2ccccc12. The summed E-state index contributed by atoms with van der Waals surface area (Å²) in [4.78, 5) is 8.17. The molecule has 0 radical (unpaired) electrons. The number of hydrogen-bond donors (Lipinski definition) is 0. The molecule has 0 aliphatic heterocycles. The van der Waals surface area contributed by atoms with Gasteiger partial charge in [0.2, 0.25) is 0 Å². The van der Waals surface area contributed by atoms with Gasteiger partial charge in [-0.1, -0.05) is 131 Å². The van der Waals surface area contributed by atoms with Crippen molar-refractivity contribution < 1.29 is 0 Å². The first-order valence-electron chi connectivity index (χ1n) is 22.8. The second-order valence-corrected chi connectivity index (χ2v) is 19.0. The van der Waals surface area contributed by atoms with Crippen molar-refractivity contribution >= 4 is 38.7 Å². The normalized spacial score (nSPS) is 14.0. The fourth-order valence-corrected chi connectivity index (χ4v) is 11.3. The van der Waals surface area contributed by atoms with Crippen LogP contribution in [0.2, 0.25) is 0 Å². The van der Waals surface area contributed by atoms with Gasteiger partial charge < -0.3 is 4.90 Å². The van der Waals surface area contributed by atoms with Crippen molar-refractivity contribution in [2.45, 2.75) is 79.1 Å². The van der Waals surface area contributed by atoms with E-state index in [9.17, 15) is 0 Å². The molecule has 0 unspecified atom stereocenters. The summed E-state index contributed by atoms with van der Waals surface area (Å²) in [6.07, 6.45) is 8.25. The van der Waals surface area contributed by atoms with Crippen molar-refractivity contribution in [1.82, 2.24) is 14.8 Å². The third-order valence-corrected chi connectivity index (χ3v) is 14.1. The molecular formula is C59H54N4. The first kappa shape index (κ1) is 39.1. The molecule has 0 amide bonds. The molecule has 0 N–H and O–H groups in total. The van der Waals surface area contributed by atoms with E-state index in [1.807, 2.05) is 16.9 Å². The van der Waals surface area contributed by atoms with Gasteiger partial charge in [-0.2, -0.15) is 5.10 Å². The molecule has 0 fully saturated rings. The van der Waals surface area contributed by atoms with Crippen LogP contribution in [0.1, 0.15) is 84.0 Å². The van der Waals surface area contributed by atoms with E-state index in [1.165, 1.54) is 77.5 Å². The fourth-order valence-electron chi connectivity index (χ4n) is 11.3. The minimum Gasteiger partial charge on any atom is -0.309 e. The molecule has 9 aromatic rings. The maximum atomic E-state index is 5.63. The molecule has 4 heteroatoms. The maximum Gasteiger partial charge on any atom is 0.0745 e. The van der Waals surface area contributed by atoms with Crippen LogP contribution in [0.5, 0.6) is 0 Å². The van der Waals surface area contributed by atoms with Crippen LogP contribution in [0.15, 0.2) is 158 Å². The van der Waals surface area contributed by atoms with Crippen LogP contribution in [0.4, 0.5) is 17.1 Å². The quantitative estimate of drug-likeness (QED) is 0.153. The Balaban J connectivity index is 1.18. The Morgan fingerprint density at radius 1 is 0.587 bits per heavy atom. The van der Waals surface area contributed by atoms with Crippen molar-refractivity contribution in [2.24, 2.45) is 5.41 Å². The van der Waals surface area contributed by atoms with Crippen molar-refractivity contribution in [3.63, 3.8) is 0 Å². The van der Waals surface area contributed by atoms with Gasteiger partial charge in [-0.05, 0) is 160 Å². The Hall–Kier alpha value is -6.78. The Morgan fingerprint density at radius 2 is 1.24 bits per heavy atom. The van der Waals surface area contributed by atoms with Gasteiger partial charge in [0.05, 0.1) is 28.3 Å². The standard InChI is InChI=1S/C59H54N4/c1-37(2)48-23-14-24-49(38(3)4)56(48)44-29-46(62-27-15-26-60-62)32-47(30-44)63(58-39(5)16-13-17-40(58)6)55-31-45(28-41-18-9-10-21-50(41)55)57-53-36-59(33-42-19-7-8-20-43(42)34-59)35-52(53)51-22-11-12-25-54(51)61-57/h7-32,37-38H,33-36H2,1-6H3. The Morgan fingerprint density at radius 3 is 1.94 bits per heavy atom.